The molecular formula is C24H22FN3O3S. The number of H-pyrrole nitrogens is 1. The SMILES string of the molecule is Cc1cc(C)c2cc(CN(Cc3cccnc3)S(=O)(=O)c3ccccc3F)c(=O)[nH]c2c1. The highest BCUT2D eigenvalue weighted by Crippen LogP contribution is 2.24. The normalized spacial score (nSPS) is 11.9. The van der Waals surface area contributed by atoms with E-state index in [0.29, 0.717) is 11.1 Å². The molecule has 4 aromatic rings. The number of aryl methyl sites for hydroxylation is 2. The number of halogens is 1. The highest BCUT2D eigenvalue weighted by atomic mass is 32.2. The predicted molar refractivity (Wildman–Crippen MR) is 121 cm³/mol. The number of aromatic nitrogens is 2. The Morgan fingerprint density at radius 2 is 1.81 bits per heavy atom. The molecule has 164 valence electrons. The van der Waals surface area contributed by atoms with E-state index in [0.717, 1.165) is 26.9 Å². The molecule has 0 aliphatic carbocycles. The van der Waals surface area contributed by atoms with Crippen molar-refractivity contribution in [1.82, 2.24) is 14.3 Å². The minimum atomic E-state index is -4.24. The zero-order valence-electron chi connectivity index (χ0n) is 17.7. The van der Waals surface area contributed by atoms with E-state index in [2.05, 4.69) is 9.97 Å². The summed E-state index contributed by atoms with van der Waals surface area (Å²) in [5.74, 6) is -0.845. The Morgan fingerprint density at radius 3 is 2.53 bits per heavy atom. The molecule has 8 heteroatoms. The Labute approximate surface area is 185 Å². The van der Waals surface area contributed by atoms with Crippen LogP contribution in [0.5, 0.6) is 0 Å². The summed E-state index contributed by atoms with van der Waals surface area (Å²) in [6.45, 7) is 3.59. The number of benzene rings is 2. The van der Waals surface area contributed by atoms with Crippen molar-refractivity contribution < 1.29 is 12.8 Å². The zero-order valence-corrected chi connectivity index (χ0v) is 18.5. The molecule has 0 spiro atoms. The molecule has 0 saturated heterocycles. The van der Waals surface area contributed by atoms with E-state index in [4.69, 9.17) is 0 Å². The maximum Gasteiger partial charge on any atom is 0.252 e. The highest BCUT2D eigenvalue weighted by Gasteiger charge is 2.28. The summed E-state index contributed by atoms with van der Waals surface area (Å²) in [7, 11) is -4.24. The smallest absolute Gasteiger partial charge is 0.252 e. The van der Waals surface area contributed by atoms with E-state index in [1.54, 1.807) is 30.6 Å². The Hall–Kier alpha value is -3.36. The van der Waals surface area contributed by atoms with Gasteiger partial charge in [0.15, 0.2) is 0 Å². The Morgan fingerprint density at radius 1 is 1.03 bits per heavy atom. The first-order valence-corrected chi connectivity index (χ1v) is 11.5. The minimum absolute atomic E-state index is 0.0607. The molecule has 0 aliphatic heterocycles. The molecule has 0 radical (unpaired) electrons. The van der Waals surface area contributed by atoms with Gasteiger partial charge in [0.05, 0.1) is 0 Å². The van der Waals surface area contributed by atoms with E-state index in [-0.39, 0.29) is 24.2 Å². The van der Waals surface area contributed by atoms with Crippen LogP contribution in [0.4, 0.5) is 4.39 Å². The Kier molecular flexibility index (Phi) is 5.90. The van der Waals surface area contributed by atoms with Crippen LogP contribution >= 0.6 is 0 Å². The first-order valence-electron chi connectivity index (χ1n) is 10.0. The van der Waals surface area contributed by atoms with Crippen molar-refractivity contribution in [3.63, 3.8) is 0 Å². The number of nitrogens with one attached hydrogen (secondary N) is 1. The molecule has 2 aromatic heterocycles. The third-order valence-electron chi connectivity index (χ3n) is 5.27. The van der Waals surface area contributed by atoms with Gasteiger partial charge in [0.1, 0.15) is 10.7 Å². The molecule has 0 bridgehead atoms. The molecule has 6 nitrogen and oxygen atoms in total. The third-order valence-corrected chi connectivity index (χ3v) is 7.10. The van der Waals surface area contributed by atoms with Gasteiger partial charge in [-0.3, -0.25) is 9.78 Å². The minimum Gasteiger partial charge on any atom is -0.322 e. The van der Waals surface area contributed by atoms with Crippen molar-refractivity contribution in [2.75, 3.05) is 0 Å². The van der Waals surface area contributed by atoms with Crippen LogP contribution in [0.25, 0.3) is 10.9 Å². The topological polar surface area (TPSA) is 83.1 Å². The third kappa shape index (κ3) is 4.32. The quantitative estimate of drug-likeness (QED) is 0.479. The van der Waals surface area contributed by atoms with Crippen LogP contribution in [0.2, 0.25) is 0 Å². The van der Waals surface area contributed by atoms with Crippen molar-refractivity contribution in [1.29, 1.82) is 0 Å². The molecule has 2 heterocycles. The van der Waals surface area contributed by atoms with Gasteiger partial charge < -0.3 is 4.98 Å². The van der Waals surface area contributed by atoms with Gasteiger partial charge in [0.25, 0.3) is 5.56 Å². The first kappa shape index (κ1) is 21.9. The lowest BCUT2D eigenvalue weighted by Crippen LogP contribution is -2.33. The van der Waals surface area contributed by atoms with Crippen molar-refractivity contribution in [2.45, 2.75) is 31.8 Å². The van der Waals surface area contributed by atoms with Gasteiger partial charge >= 0.3 is 0 Å². The molecule has 2 aromatic carbocycles. The van der Waals surface area contributed by atoms with Crippen molar-refractivity contribution in [2.24, 2.45) is 0 Å². The fourth-order valence-corrected chi connectivity index (χ4v) is 5.21. The van der Waals surface area contributed by atoms with Crippen LogP contribution in [0.3, 0.4) is 0 Å². The van der Waals surface area contributed by atoms with Crippen LogP contribution in [0.1, 0.15) is 22.3 Å². The molecule has 0 fully saturated rings. The summed E-state index contributed by atoms with van der Waals surface area (Å²) in [6.07, 6.45) is 3.12. The second-order valence-electron chi connectivity index (χ2n) is 7.73. The lowest BCUT2D eigenvalue weighted by Gasteiger charge is -2.22. The summed E-state index contributed by atoms with van der Waals surface area (Å²) in [6, 6.07) is 14.2. The number of hydrogen-bond donors (Lipinski definition) is 1. The lowest BCUT2D eigenvalue weighted by molar-refractivity contribution is 0.396. The largest absolute Gasteiger partial charge is 0.322 e. The number of sulfonamides is 1. The van der Waals surface area contributed by atoms with E-state index in [1.165, 1.54) is 18.2 Å². The van der Waals surface area contributed by atoms with Crippen molar-refractivity contribution in [3.05, 3.63) is 105 Å². The first-order chi connectivity index (χ1) is 15.3. The molecule has 0 amide bonds. The van der Waals surface area contributed by atoms with Crippen molar-refractivity contribution in [3.8, 4) is 0 Å². The van der Waals surface area contributed by atoms with Gasteiger partial charge in [-0.1, -0.05) is 24.3 Å². The Balaban J connectivity index is 1.82. The van der Waals surface area contributed by atoms with Gasteiger partial charge in [-0.15, -0.1) is 0 Å². The second-order valence-corrected chi connectivity index (χ2v) is 9.64. The van der Waals surface area contributed by atoms with E-state index in [1.807, 2.05) is 26.0 Å². The summed E-state index contributed by atoms with van der Waals surface area (Å²) in [5, 5.41) is 0.829. The van der Waals surface area contributed by atoms with Gasteiger partial charge in [0, 0.05) is 41.9 Å². The van der Waals surface area contributed by atoms with Gasteiger partial charge in [-0.2, -0.15) is 4.31 Å². The molecular weight excluding hydrogens is 429 g/mol. The van der Waals surface area contributed by atoms with Crippen LogP contribution in [0.15, 0.2) is 76.7 Å². The monoisotopic (exact) mass is 451 g/mol. The number of fused-ring (bicyclic) bond motifs is 1. The number of pyridine rings is 2. The van der Waals surface area contributed by atoms with Gasteiger partial charge in [0.2, 0.25) is 10.0 Å². The van der Waals surface area contributed by atoms with Crippen LogP contribution in [-0.4, -0.2) is 22.7 Å². The van der Waals surface area contributed by atoms with Crippen LogP contribution in [0, 0.1) is 19.7 Å². The standard InChI is InChI=1S/C24H22FN3O3S/c1-16-10-17(2)20-12-19(24(29)27-22(20)11-16)15-28(14-18-6-5-9-26-13-18)32(30,31)23-8-4-3-7-21(23)25/h3-13H,14-15H2,1-2H3,(H,27,29). The van der Waals surface area contributed by atoms with Crippen LogP contribution < -0.4 is 5.56 Å². The molecule has 1 N–H and O–H groups in total. The summed E-state index contributed by atoms with van der Waals surface area (Å²) >= 11 is 0. The predicted octanol–water partition coefficient (Wildman–Crippen LogP) is 4.07. The average Bonchev–Trinajstić information content (AvgIpc) is 2.75. The molecule has 0 atom stereocenters. The average molecular weight is 452 g/mol. The summed E-state index contributed by atoms with van der Waals surface area (Å²) in [4.78, 5) is 19.3. The number of aromatic amines is 1. The fourth-order valence-electron chi connectivity index (χ4n) is 3.74. The molecule has 0 unspecified atom stereocenters. The van der Waals surface area contributed by atoms with Gasteiger partial charge in [-0.05, 0) is 60.9 Å². The Bertz CT molecular complexity index is 1450. The number of rotatable bonds is 6. The van der Waals surface area contributed by atoms with Crippen molar-refractivity contribution >= 4 is 20.9 Å². The second kappa shape index (κ2) is 8.64. The maximum absolute atomic E-state index is 14.4. The maximum atomic E-state index is 14.4. The molecule has 0 aliphatic rings. The fraction of sp³-hybridized carbons (Fsp3) is 0.167. The summed E-state index contributed by atoms with van der Waals surface area (Å²) < 4.78 is 42.3. The zero-order chi connectivity index (χ0) is 22.9. The van der Waals surface area contributed by atoms with E-state index in [9.17, 15) is 17.6 Å². The summed E-state index contributed by atoms with van der Waals surface area (Å²) in [5.41, 5.74) is 3.17. The van der Waals surface area contributed by atoms with E-state index < -0.39 is 20.7 Å². The van der Waals surface area contributed by atoms with E-state index >= 15 is 0 Å². The van der Waals surface area contributed by atoms with Gasteiger partial charge in [-0.25, -0.2) is 12.8 Å². The molecule has 4 rings (SSSR count). The number of hydrogen-bond acceptors (Lipinski definition) is 4. The lowest BCUT2D eigenvalue weighted by atomic mass is 10.0. The molecule has 32 heavy (non-hydrogen) atoms. The highest BCUT2D eigenvalue weighted by molar-refractivity contribution is 7.89. The molecule has 0 saturated carbocycles. The number of nitrogens with zero attached hydrogens (tertiary/aromatic N) is 2. The van der Waals surface area contributed by atoms with Crippen LogP contribution in [-0.2, 0) is 23.1 Å².